The Morgan fingerprint density at radius 1 is 1.26 bits per heavy atom. The van der Waals surface area contributed by atoms with Gasteiger partial charge in [-0.2, -0.15) is 5.26 Å². The van der Waals surface area contributed by atoms with E-state index in [1.165, 1.54) is 0 Å². The van der Waals surface area contributed by atoms with Gasteiger partial charge in [-0.05, 0) is 24.6 Å². The second-order valence-electron chi connectivity index (χ2n) is 5.03. The molecule has 1 saturated heterocycles. The van der Waals surface area contributed by atoms with E-state index in [9.17, 15) is 10.1 Å². The zero-order valence-electron chi connectivity index (χ0n) is 13.4. The lowest BCUT2D eigenvalue weighted by molar-refractivity contribution is 0.0733. The third-order valence-electron chi connectivity index (χ3n) is 3.76. The molecule has 2 rings (SSSR count). The number of ether oxygens (including phenoxy) is 2. The molecule has 1 fully saturated rings. The normalized spacial score (nSPS) is 16.0. The van der Waals surface area contributed by atoms with Crippen molar-refractivity contribution in [2.45, 2.75) is 13.0 Å². The number of carbonyl (C=O) groups is 1. The van der Waals surface area contributed by atoms with Crippen LogP contribution in [0.3, 0.4) is 0 Å². The number of rotatable bonds is 4. The maximum Gasteiger partial charge on any atom is 0.409 e. The number of methoxy groups -OCH3 is 1. The van der Waals surface area contributed by atoms with Crippen molar-refractivity contribution in [2.75, 3.05) is 39.9 Å². The summed E-state index contributed by atoms with van der Waals surface area (Å²) in [5.74, 6) is 0.771. The van der Waals surface area contributed by atoms with Crippen LogP contribution in [0.15, 0.2) is 24.3 Å². The molecule has 1 heterocycles. The summed E-state index contributed by atoms with van der Waals surface area (Å²) in [5.41, 5.74) is 0.938. The maximum absolute atomic E-state index is 11.7. The molecule has 1 aromatic carbocycles. The first-order valence-electron chi connectivity index (χ1n) is 7.39. The Labute approximate surface area is 143 Å². The molecule has 0 radical (unpaired) electrons. The van der Waals surface area contributed by atoms with Crippen molar-refractivity contribution in [2.24, 2.45) is 0 Å². The summed E-state index contributed by atoms with van der Waals surface area (Å²) < 4.78 is 10.1. The summed E-state index contributed by atoms with van der Waals surface area (Å²) in [6.45, 7) is 4.64. The van der Waals surface area contributed by atoms with Crippen molar-refractivity contribution in [1.29, 1.82) is 5.26 Å². The lowest BCUT2D eigenvalue weighted by Gasteiger charge is -2.36. The summed E-state index contributed by atoms with van der Waals surface area (Å²) in [4.78, 5) is 15.5. The molecule has 1 aliphatic heterocycles. The van der Waals surface area contributed by atoms with Gasteiger partial charge >= 0.3 is 6.09 Å². The van der Waals surface area contributed by atoms with Crippen LogP contribution in [-0.4, -0.2) is 55.8 Å². The van der Waals surface area contributed by atoms with Gasteiger partial charge in [-0.15, -0.1) is 12.4 Å². The minimum atomic E-state index is -0.310. The minimum Gasteiger partial charge on any atom is -0.497 e. The van der Waals surface area contributed by atoms with Crippen LogP contribution in [0, 0.1) is 11.3 Å². The fraction of sp³-hybridized carbons (Fsp3) is 0.500. The third kappa shape index (κ3) is 4.75. The molecule has 0 saturated carbocycles. The zero-order chi connectivity index (χ0) is 15.9. The van der Waals surface area contributed by atoms with Gasteiger partial charge in [0.05, 0.1) is 19.8 Å². The second-order valence-corrected chi connectivity index (χ2v) is 5.03. The van der Waals surface area contributed by atoms with E-state index in [4.69, 9.17) is 9.47 Å². The Balaban J connectivity index is 0.00000264. The summed E-state index contributed by atoms with van der Waals surface area (Å²) >= 11 is 0. The number of hydrogen-bond acceptors (Lipinski definition) is 5. The van der Waals surface area contributed by atoms with Gasteiger partial charge in [-0.25, -0.2) is 4.79 Å². The average molecular weight is 340 g/mol. The lowest BCUT2D eigenvalue weighted by atomic mass is 10.1. The van der Waals surface area contributed by atoms with Gasteiger partial charge < -0.3 is 14.4 Å². The van der Waals surface area contributed by atoms with E-state index in [0.717, 1.165) is 11.3 Å². The van der Waals surface area contributed by atoms with Gasteiger partial charge in [0.15, 0.2) is 0 Å². The van der Waals surface area contributed by atoms with Gasteiger partial charge in [-0.1, -0.05) is 12.1 Å². The van der Waals surface area contributed by atoms with E-state index >= 15 is 0 Å². The lowest BCUT2D eigenvalue weighted by Crippen LogP contribution is -2.49. The topological polar surface area (TPSA) is 65.8 Å². The van der Waals surface area contributed by atoms with E-state index in [2.05, 4.69) is 11.0 Å². The minimum absolute atomic E-state index is 0. The van der Waals surface area contributed by atoms with Crippen LogP contribution in [0.5, 0.6) is 5.75 Å². The van der Waals surface area contributed by atoms with E-state index in [1.54, 1.807) is 18.9 Å². The Morgan fingerprint density at radius 2 is 1.87 bits per heavy atom. The van der Waals surface area contributed by atoms with Crippen LogP contribution >= 0.6 is 12.4 Å². The molecule has 0 N–H and O–H groups in total. The highest BCUT2D eigenvalue weighted by molar-refractivity contribution is 5.85. The number of piperazine rings is 1. The Morgan fingerprint density at radius 3 is 2.35 bits per heavy atom. The first-order chi connectivity index (χ1) is 10.7. The van der Waals surface area contributed by atoms with Crippen molar-refractivity contribution in [3.63, 3.8) is 0 Å². The molecule has 6 nitrogen and oxygen atoms in total. The number of amides is 1. The van der Waals surface area contributed by atoms with E-state index in [1.807, 2.05) is 24.3 Å². The number of benzene rings is 1. The molecule has 0 spiro atoms. The molecule has 1 aromatic rings. The predicted octanol–water partition coefficient (Wildman–Crippen LogP) is 2.46. The Bertz CT molecular complexity index is 536. The molecule has 126 valence electrons. The van der Waals surface area contributed by atoms with E-state index < -0.39 is 0 Å². The van der Waals surface area contributed by atoms with E-state index in [-0.39, 0.29) is 24.5 Å². The first-order valence-corrected chi connectivity index (χ1v) is 7.39. The molecule has 0 bridgehead atoms. The van der Waals surface area contributed by atoms with Crippen molar-refractivity contribution in [3.8, 4) is 11.8 Å². The molecule has 7 heteroatoms. The van der Waals surface area contributed by atoms with Crippen LogP contribution in [0.4, 0.5) is 4.79 Å². The first kappa shape index (κ1) is 19.1. The molecule has 1 unspecified atom stereocenters. The van der Waals surface area contributed by atoms with Crippen molar-refractivity contribution >= 4 is 18.5 Å². The third-order valence-corrected chi connectivity index (χ3v) is 3.76. The quantitative estimate of drug-likeness (QED) is 0.843. The highest BCUT2D eigenvalue weighted by Crippen LogP contribution is 2.23. The average Bonchev–Trinajstić information content (AvgIpc) is 2.57. The smallest absolute Gasteiger partial charge is 0.409 e. The standard InChI is InChI=1S/C16H21N3O3.ClH/c1-3-22-16(20)19-10-8-18(9-11-19)15(12-17)13-4-6-14(21-2)7-5-13;/h4-7,15H,3,8-11H2,1-2H3;1H. The number of halogens is 1. The molecular formula is C16H22ClN3O3. The Kier molecular flexibility index (Phi) is 7.66. The summed E-state index contributed by atoms with van der Waals surface area (Å²) in [7, 11) is 1.62. The zero-order valence-corrected chi connectivity index (χ0v) is 14.2. The van der Waals surface area contributed by atoms with Crippen molar-refractivity contribution < 1.29 is 14.3 Å². The fourth-order valence-electron chi connectivity index (χ4n) is 2.53. The molecule has 1 aliphatic rings. The van der Waals surface area contributed by atoms with Crippen molar-refractivity contribution in [1.82, 2.24) is 9.80 Å². The number of hydrogen-bond donors (Lipinski definition) is 0. The summed E-state index contributed by atoms with van der Waals surface area (Å²) in [6.07, 6.45) is -0.278. The van der Waals surface area contributed by atoms with Crippen molar-refractivity contribution in [3.05, 3.63) is 29.8 Å². The number of nitriles is 1. The SMILES string of the molecule is CCOC(=O)N1CCN(C(C#N)c2ccc(OC)cc2)CC1.Cl. The molecule has 23 heavy (non-hydrogen) atoms. The van der Waals surface area contributed by atoms with Gasteiger partial charge in [0.25, 0.3) is 0 Å². The van der Waals surface area contributed by atoms with Crippen LogP contribution in [0.25, 0.3) is 0 Å². The molecular weight excluding hydrogens is 318 g/mol. The second kappa shape index (κ2) is 9.23. The maximum atomic E-state index is 11.7. The van der Waals surface area contributed by atoms with Crippen LogP contribution in [0.2, 0.25) is 0 Å². The molecule has 0 aliphatic carbocycles. The van der Waals surface area contributed by atoms with E-state index in [0.29, 0.717) is 32.8 Å². The van der Waals surface area contributed by atoms with Crippen LogP contribution < -0.4 is 4.74 Å². The predicted molar refractivity (Wildman–Crippen MR) is 88.8 cm³/mol. The molecule has 0 aromatic heterocycles. The van der Waals surface area contributed by atoms with Gasteiger partial charge in [-0.3, -0.25) is 4.90 Å². The molecule has 1 amide bonds. The monoisotopic (exact) mass is 339 g/mol. The number of carbonyl (C=O) groups excluding carboxylic acids is 1. The fourth-order valence-corrected chi connectivity index (χ4v) is 2.53. The largest absolute Gasteiger partial charge is 0.497 e. The summed E-state index contributed by atoms with van der Waals surface area (Å²) in [6, 6.07) is 9.56. The van der Waals surface area contributed by atoms with Crippen LogP contribution in [-0.2, 0) is 4.74 Å². The highest BCUT2D eigenvalue weighted by Gasteiger charge is 2.27. The highest BCUT2D eigenvalue weighted by atomic mass is 35.5. The van der Waals surface area contributed by atoms with Gasteiger partial charge in [0, 0.05) is 26.2 Å². The van der Waals surface area contributed by atoms with Gasteiger partial charge in [0.1, 0.15) is 11.8 Å². The summed E-state index contributed by atoms with van der Waals surface area (Å²) in [5, 5.41) is 9.49. The van der Waals surface area contributed by atoms with Crippen LogP contribution in [0.1, 0.15) is 18.5 Å². The Hall–Kier alpha value is -1.97. The molecule has 1 atom stereocenters. The number of nitrogens with zero attached hydrogens (tertiary/aromatic N) is 3. The van der Waals surface area contributed by atoms with Gasteiger partial charge in [0.2, 0.25) is 0 Å².